The van der Waals surface area contributed by atoms with Crippen molar-refractivity contribution < 1.29 is 4.39 Å². The van der Waals surface area contributed by atoms with Gasteiger partial charge >= 0.3 is 0 Å². The summed E-state index contributed by atoms with van der Waals surface area (Å²) in [7, 11) is 0. The number of hydrogen-bond acceptors (Lipinski definition) is 2. The van der Waals surface area contributed by atoms with Gasteiger partial charge in [0.05, 0.1) is 0 Å². The van der Waals surface area contributed by atoms with Gasteiger partial charge in [-0.2, -0.15) is 0 Å². The predicted molar refractivity (Wildman–Crippen MR) is 84.1 cm³/mol. The van der Waals surface area contributed by atoms with Crippen LogP contribution in [0.3, 0.4) is 0 Å². The van der Waals surface area contributed by atoms with E-state index < -0.39 is 0 Å². The second kappa shape index (κ2) is 6.77. The highest BCUT2D eigenvalue weighted by Crippen LogP contribution is 2.31. The van der Waals surface area contributed by atoms with E-state index in [4.69, 9.17) is 11.6 Å². The van der Waals surface area contributed by atoms with Crippen molar-refractivity contribution in [1.29, 1.82) is 0 Å². The maximum atomic E-state index is 13.5. The summed E-state index contributed by atoms with van der Waals surface area (Å²) in [6.07, 6.45) is 2.24. The normalized spacial score (nSPS) is 26.9. The summed E-state index contributed by atoms with van der Waals surface area (Å²) >= 11 is 5.97. The fourth-order valence-electron chi connectivity index (χ4n) is 3.05. The summed E-state index contributed by atoms with van der Waals surface area (Å²) in [5, 5.41) is 4.08. The van der Waals surface area contributed by atoms with Crippen LogP contribution in [0.1, 0.15) is 33.6 Å². The van der Waals surface area contributed by atoms with Crippen molar-refractivity contribution >= 4 is 17.3 Å². The fraction of sp³-hybridized carbons (Fsp3) is 0.625. The minimum atomic E-state index is -0.265. The van der Waals surface area contributed by atoms with Crippen LogP contribution in [0.2, 0.25) is 5.02 Å². The zero-order valence-electron chi connectivity index (χ0n) is 12.5. The molecule has 1 aromatic carbocycles. The van der Waals surface area contributed by atoms with Gasteiger partial charge in [0.15, 0.2) is 0 Å². The first-order chi connectivity index (χ1) is 9.52. The lowest BCUT2D eigenvalue weighted by Gasteiger charge is -2.44. The molecule has 0 spiro atoms. The van der Waals surface area contributed by atoms with Crippen LogP contribution < -0.4 is 10.2 Å². The SMILES string of the molecule is CCCNC1CCN(c2cc(F)cc(Cl)c2)C(C)C1C. The lowest BCUT2D eigenvalue weighted by Crippen LogP contribution is -2.53. The summed E-state index contributed by atoms with van der Waals surface area (Å²) in [4.78, 5) is 2.27. The fourth-order valence-corrected chi connectivity index (χ4v) is 3.27. The summed E-state index contributed by atoms with van der Waals surface area (Å²) in [6, 6.07) is 5.71. The third-order valence-corrected chi connectivity index (χ3v) is 4.62. The maximum Gasteiger partial charge on any atom is 0.126 e. The maximum absolute atomic E-state index is 13.5. The second-order valence-electron chi connectivity index (χ2n) is 5.77. The Balaban J connectivity index is 2.11. The molecule has 1 aliphatic rings. The highest BCUT2D eigenvalue weighted by Gasteiger charge is 2.32. The number of halogens is 2. The van der Waals surface area contributed by atoms with E-state index >= 15 is 0 Å². The van der Waals surface area contributed by atoms with Crippen LogP contribution >= 0.6 is 11.6 Å². The first-order valence-corrected chi connectivity index (χ1v) is 7.86. The monoisotopic (exact) mass is 298 g/mol. The molecule has 0 saturated carbocycles. The molecule has 2 rings (SSSR count). The van der Waals surface area contributed by atoms with Crippen LogP contribution in [-0.4, -0.2) is 25.2 Å². The lowest BCUT2D eigenvalue weighted by atomic mass is 9.86. The van der Waals surface area contributed by atoms with Gasteiger partial charge in [-0.05, 0) is 50.4 Å². The van der Waals surface area contributed by atoms with Gasteiger partial charge in [-0.15, -0.1) is 0 Å². The standard InChI is InChI=1S/C16H24ClFN2/c1-4-6-19-16-5-7-20(12(3)11(16)2)15-9-13(17)8-14(18)10-15/h8-12,16,19H,4-7H2,1-3H3. The molecule has 1 aromatic rings. The summed E-state index contributed by atoms with van der Waals surface area (Å²) in [5.74, 6) is 0.260. The minimum Gasteiger partial charge on any atom is -0.368 e. The minimum absolute atomic E-state index is 0.265. The van der Waals surface area contributed by atoms with E-state index in [1.165, 1.54) is 6.07 Å². The molecule has 1 aliphatic heterocycles. The zero-order valence-corrected chi connectivity index (χ0v) is 13.3. The summed E-state index contributed by atoms with van der Waals surface area (Å²) < 4.78 is 13.5. The topological polar surface area (TPSA) is 15.3 Å². The number of benzene rings is 1. The molecule has 1 N–H and O–H groups in total. The molecule has 3 unspecified atom stereocenters. The Labute approximate surface area is 126 Å². The van der Waals surface area contributed by atoms with Gasteiger partial charge in [0, 0.05) is 29.3 Å². The Morgan fingerprint density at radius 3 is 2.75 bits per heavy atom. The summed E-state index contributed by atoms with van der Waals surface area (Å²) in [6.45, 7) is 8.67. The van der Waals surface area contributed by atoms with Crippen molar-refractivity contribution in [3.8, 4) is 0 Å². The van der Waals surface area contributed by atoms with E-state index in [-0.39, 0.29) is 5.82 Å². The van der Waals surface area contributed by atoms with Gasteiger partial charge in [-0.1, -0.05) is 25.4 Å². The Bertz CT molecular complexity index is 432. The number of rotatable bonds is 4. The Morgan fingerprint density at radius 1 is 1.35 bits per heavy atom. The quantitative estimate of drug-likeness (QED) is 0.901. The van der Waals surface area contributed by atoms with Crippen molar-refractivity contribution in [3.05, 3.63) is 29.0 Å². The van der Waals surface area contributed by atoms with E-state index in [2.05, 4.69) is 31.0 Å². The van der Waals surface area contributed by atoms with E-state index in [1.54, 1.807) is 6.07 Å². The number of nitrogens with one attached hydrogen (secondary N) is 1. The highest BCUT2D eigenvalue weighted by molar-refractivity contribution is 6.30. The molecule has 112 valence electrons. The van der Waals surface area contributed by atoms with Gasteiger partial charge in [0.2, 0.25) is 0 Å². The van der Waals surface area contributed by atoms with E-state index in [0.29, 0.717) is 23.0 Å². The third-order valence-electron chi connectivity index (χ3n) is 4.40. The molecule has 0 aliphatic carbocycles. The summed E-state index contributed by atoms with van der Waals surface area (Å²) in [5.41, 5.74) is 0.892. The van der Waals surface area contributed by atoms with Crippen LogP contribution in [0.25, 0.3) is 0 Å². The van der Waals surface area contributed by atoms with Crippen LogP contribution in [0, 0.1) is 11.7 Å². The number of nitrogens with zero attached hydrogens (tertiary/aromatic N) is 1. The van der Waals surface area contributed by atoms with Gasteiger partial charge in [0.1, 0.15) is 5.82 Å². The first kappa shape index (κ1) is 15.6. The largest absolute Gasteiger partial charge is 0.368 e. The van der Waals surface area contributed by atoms with Crippen molar-refractivity contribution in [2.75, 3.05) is 18.0 Å². The number of hydrogen-bond donors (Lipinski definition) is 1. The molecule has 3 atom stereocenters. The lowest BCUT2D eigenvalue weighted by molar-refractivity contribution is 0.271. The average Bonchev–Trinajstić information content (AvgIpc) is 2.39. The third kappa shape index (κ3) is 3.44. The molecule has 1 fully saturated rings. The van der Waals surface area contributed by atoms with Crippen LogP contribution in [-0.2, 0) is 0 Å². The highest BCUT2D eigenvalue weighted by atomic mass is 35.5. The van der Waals surface area contributed by atoms with Gasteiger partial charge in [-0.3, -0.25) is 0 Å². The molecule has 1 saturated heterocycles. The van der Waals surface area contributed by atoms with Crippen LogP contribution in [0.15, 0.2) is 18.2 Å². The average molecular weight is 299 g/mol. The number of anilines is 1. The molecular weight excluding hydrogens is 275 g/mol. The van der Waals surface area contributed by atoms with Crippen molar-refractivity contribution in [1.82, 2.24) is 5.32 Å². The predicted octanol–water partition coefficient (Wildman–Crippen LogP) is 4.08. The van der Waals surface area contributed by atoms with Gasteiger partial charge in [-0.25, -0.2) is 4.39 Å². The molecular formula is C16H24ClFN2. The van der Waals surface area contributed by atoms with Crippen LogP contribution in [0.4, 0.5) is 10.1 Å². The second-order valence-corrected chi connectivity index (χ2v) is 6.21. The first-order valence-electron chi connectivity index (χ1n) is 7.49. The smallest absolute Gasteiger partial charge is 0.126 e. The number of piperidine rings is 1. The molecule has 0 radical (unpaired) electrons. The molecule has 2 nitrogen and oxygen atoms in total. The van der Waals surface area contributed by atoms with Gasteiger partial charge in [0.25, 0.3) is 0 Å². The van der Waals surface area contributed by atoms with Crippen LogP contribution in [0.5, 0.6) is 0 Å². The molecule has 0 bridgehead atoms. The van der Waals surface area contributed by atoms with E-state index in [1.807, 2.05) is 6.07 Å². The van der Waals surface area contributed by atoms with Crippen molar-refractivity contribution in [2.24, 2.45) is 5.92 Å². The molecule has 4 heteroatoms. The van der Waals surface area contributed by atoms with Crippen molar-refractivity contribution in [3.63, 3.8) is 0 Å². The molecule has 20 heavy (non-hydrogen) atoms. The Kier molecular flexibility index (Phi) is 5.28. The van der Waals surface area contributed by atoms with Gasteiger partial charge < -0.3 is 10.2 Å². The van der Waals surface area contributed by atoms with E-state index in [9.17, 15) is 4.39 Å². The molecule has 1 heterocycles. The zero-order chi connectivity index (χ0) is 14.7. The van der Waals surface area contributed by atoms with E-state index in [0.717, 1.165) is 31.6 Å². The molecule has 0 amide bonds. The Morgan fingerprint density at radius 2 is 2.10 bits per heavy atom. The van der Waals surface area contributed by atoms with Crippen molar-refractivity contribution in [2.45, 2.75) is 45.7 Å². The Hall–Kier alpha value is -0.800. The molecule has 0 aromatic heterocycles.